The second-order valence-electron chi connectivity index (χ2n) is 10.5. The topological polar surface area (TPSA) is 125 Å². The van der Waals surface area contributed by atoms with Crippen LogP contribution in [-0.2, 0) is 23.9 Å². The molecular weight excluding hydrogens is 461 g/mol. The van der Waals surface area contributed by atoms with Crippen LogP contribution in [0.3, 0.4) is 0 Å². The molecule has 1 aliphatic rings. The van der Waals surface area contributed by atoms with Gasteiger partial charge in [0.05, 0.1) is 12.2 Å². The van der Waals surface area contributed by atoms with E-state index in [0.717, 1.165) is 38.5 Å². The SMILES string of the molecule is BC1CC(=O)N(CCC(=O)NCCCCCCCCCCCC(=O)NCCOC(C)(C)CCO)C1=O. The summed E-state index contributed by atoms with van der Waals surface area (Å²) in [6.07, 6.45) is 11.4. The number of carbonyl (C=O) groups excluding carboxylic acids is 4. The third-order valence-corrected chi connectivity index (χ3v) is 6.57. The van der Waals surface area contributed by atoms with E-state index in [1.54, 1.807) is 7.85 Å². The van der Waals surface area contributed by atoms with Gasteiger partial charge in [-0.25, -0.2) is 0 Å². The van der Waals surface area contributed by atoms with E-state index in [0.29, 0.717) is 32.5 Å². The van der Waals surface area contributed by atoms with Crippen molar-refractivity contribution < 1.29 is 29.0 Å². The molecule has 0 aromatic carbocycles. The van der Waals surface area contributed by atoms with Gasteiger partial charge in [0.25, 0.3) is 0 Å². The van der Waals surface area contributed by atoms with Gasteiger partial charge in [0.15, 0.2) is 0 Å². The van der Waals surface area contributed by atoms with E-state index < -0.39 is 0 Å². The highest BCUT2D eigenvalue weighted by molar-refractivity contribution is 6.29. The van der Waals surface area contributed by atoms with E-state index in [1.165, 1.54) is 24.2 Å². The summed E-state index contributed by atoms with van der Waals surface area (Å²) in [6, 6.07) is 0. The summed E-state index contributed by atoms with van der Waals surface area (Å²) in [5.74, 6) is -0.657. The lowest BCUT2D eigenvalue weighted by molar-refractivity contribution is -0.138. The molecule has 0 spiro atoms. The molecule has 1 atom stereocenters. The van der Waals surface area contributed by atoms with Crippen LogP contribution in [0.2, 0.25) is 5.82 Å². The van der Waals surface area contributed by atoms with E-state index in [2.05, 4.69) is 10.6 Å². The predicted octanol–water partition coefficient (Wildman–Crippen LogP) is 1.87. The number of ether oxygens (including phenoxy) is 1. The number of hydrogen-bond donors (Lipinski definition) is 3. The Bertz CT molecular complexity index is 689. The van der Waals surface area contributed by atoms with Crippen molar-refractivity contribution >= 4 is 31.5 Å². The molecule has 1 rings (SSSR count). The van der Waals surface area contributed by atoms with Gasteiger partial charge in [-0.15, -0.1) is 0 Å². The van der Waals surface area contributed by atoms with E-state index in [4.69, 9.17) is 9.84 Å². The highest BCUT2D eigenvalue weighted by Crippen LogP contribution is 2.21. The Morgan fingerprint density at radius 2 is 1.50 bits per heavy atom. The van der Waals surface area contributed by atoms with Crippen molar-refractivity contribution in [3.8, 4) is 0 Å². The molecule has 206 valence electrons. The summed E-state index contributed by atoms with van der Waals surface area (Å²) in [7, 11) is 1.74. The zero-order valence-corrected chi connectivity index (χ0v) is 22.7. The number of rotatable bonds is 21. The Hall–Kier alpha value is -1.94. The molecule has 1 unspecified atom stereocenters. The fourth-order valence-electron chi connectivity index (χ4n) is 4.21. The number of unbranched alkanes of at least 4 members (excludes halogenated alkanes) is 8. The van der Waals surface area contributed by atoms with Crippen molar-refractivity contribution in [1.82, 2.24) is 15.5 Å². The first kappa shape index (κ1) is 32.1. The van der Waals surface area contributed by atoms with Crippen LogP contribution in [-0.4, -0.2) is 79.9 Å². The zero-order chi connectivity index (χ0) is 26.8. The Morgan fingerprint density at radius 1 is 0.944 bits per heavy atom. The third-order valence-electron chi connectivity index (χ3n) is 6.57. The minimum atomic E-state index is -0.367. The first-order chi connectivity index (χ1) is 17.2. The fraction of sp³-hybridized carbons (Fsp3) is 0.846. The maximum atomic E-state index is 11.9. The molecule has 4 amide bonds. The van der Waals surface area contributed by atoms with Gasteiger partial charge in [0, 0.05) is 51.3 Å². The molecule has 0 aromatic rings. The van der Waals surface area contributed by atoms with Gasteiger partial charge in [-0.2, -0.15) is 0 Å². The number of nitrogens with zero attached hydrogens (tertiary/aromatic N) is 1. The number of carbonyl (C=O) groups is 4. The van der Waals surface area contributed by atoms with Crippen molar-refractivity contribution in [1.29, 1.82) is 0 Å². The van der Waals surface area contributed by atoms with Crippen molar-refractivity contribution in [2.45, 2.75) is 109 Å². The summed E-state index contributed by atoms with van der Waals surface area (Å²) >= 11 is 0. The maximum Gasteiger partial charge on any atom is 0.229 e. The number of amides is 4. The molecule has 10 heteroatoms. The normalized spacial score (nSPS) is 16.0. The van der Waals surface area contributed by atoms with Crippen LogP contribution >= 0.6 is 0 Å². The first-order valence-electron chi connectivity index (χ1n) is 13.8. The van der Waals surface area contributed by atoms with Crippen molar-refractivity contribution in [2.24, 2.45) is 0 Å². The molecule has 1 heterocycles. The Kier molecular flexibility index (Phi) is 16.3. The van der Waals surface area contributed by atoms with E-state index >= 15 is 0 Å². The van der Waals surface area contributed by atoms with Crippen LogP contribution in [0, 0.1) is 0 Å². The minimum absolute atomic E-state index is 0.0678. The Morgan fingerprint density at radius 3 is 2.08 bits per heavy atom. The number of nitrogens with one attached hydrogen (secondary N) is 2. The lowest BCUT2D eigenvalue weighted by atomic mass is 9.86. The molecule has 0 bridgehead atoms. The number of imide groups is 1. The van der Waals surface area contributed by atoms with Gasteiger partial charge in [0.1, 0.15) is 7.85 Å². The van der Waals surface area contributed by atoms with Crippen LogP contribution in [0.25, 0.3) is 0 Å². The van der Waals surface area contributed by atoms with Crippen molar-refractivity contribution in [3.63, 3.8) is 0 Å². The quantitative estimate of drug-likeness (QED) is 0.123. The van der Waals surface area contributed by atoms with Gasteiger partial charge in [-0.1, -0.05) is 44.9 Å². The van der Waals surface area contributed by atoms with Gasteiger partial charge < -0.3 is 20.5 Å². The summed E-state index contributed by atoms with van der Waals surface area (Å²) in [4.78, 5) is 48.6. The number of likely N-dealkylation sites (tertiary alicyclic amines) is 1. The Balaban J connectivity index is 1.85. The lowest BCUT2D eigenvalue weighted by Gasteiger charge is -2.24. The van der Waals surface area contributed by atoms with E-state index in [-0.39, 0.29) is 61.0 Å². The average molecular weight is 509 g/mol. The largest absolute Gasteiger partial charge is 0.396 e. The minimum Gasteiger partial charge on any atom is -0.396 e. The average Bonchev–Trinajstić information content (AvgIpc) is 3.06. The standard InChI is InChI=1S/C26H48BN3O6/c1-26(2,14-18-31)36-19-16-29-22(32)12-10-8-6-4-3-5-7-9-11-15-28-23(33)13-17-30-24(34)20-21(27)25(30)35/h21,31H,3-20,27H2,1-2H3,(H,28,33)(H,29,32). The fourth-order valence-corrected chi connectivity index (χ4v) is 4.21. The molecule has 1 fully saturated rings. The lowest BCUT2D eigenvalue weighted by Crippen LogP contribution is -2.34. The van der Waals surface area contributed by atoms with Gasteiger partial charge in [-0.3, -0.25) is 24.1 Å². The van der Waals surface area contributed by atoms with Crippen LogP contribution in [0.1, 0.15) is 97.3 Å². The third kappa shape index (κ3) is 14.6. The molecule has 3 N–H and O–H groups in total. The van der Waals surface area contributed by atoms with Crippen molar-refractivity contribution in [2.75, 3.05) is 32.8 Å². The molecule has 1 aliphatic heterocycles. The van der Waals surface area contributed by atoms with Crippen LogP contribution in [0.5, 0.6) is 0 Å². The summed E-state index contributed by atoms with van der Waals surface area (Å²) in [5.41, 5.74) is -0.367. The van der Waals surface area contributed by atoms with Gasteiger partial charge in [-0.05, 0) is 33.1 Å². The monoisotopic (exact) mass is 509 g/mol. The summed E-state index contributed by atoms with van der Waals surface area (Å²) in [5, 5.41) is 14.7. The number of aliphatic hydroxyl groups is 1. The van der Waals surface area contributed by atoms with Crippen LogP contribution in [0.15, 0.2) is 0 Å². The van der Waals surface area contributed by atoms with Gasteiger partial charge >= 0.3 is 0 Å². The number of hydrogen-bond acceptors (Lipinski definition) is 6. The molecule has 9 nitrogen and oxygen atoms in total. The molecule has 1 saturated heterocycles. The highest BCUT2D eigenvalue weighted by Gasteiger charge is 2.35. The van der Waals surface area contributed by atoms with E-state index in [1.807, 2.05) is 13.8 Å². The molecule has 0 radical (unpaired) electrons. The maximum absolute atomic E-state index is 11.9. The molecule has 0 aromatic heterocycles. The van der Waals surface area contributed by atoms with E-state index in [9.17, 15) is 19.2 Å². The smallest absolute Gasteiger partial charge is 0.229 e. The summed E-state index contributed by atoms with van der Waals surface area (Å²) < 4.78 is 5.66. The van der Waals surface area contributed by atoms with Gasteiger partial charge in [0.2, 0.25) is 23.6 Å². The second-order valence-corrected chi connectivity index (χ2v) is 10.5. The van der Waals surface area contributed by atoms with Crippen LogP contribution in [0.4, 0.5) is 0 Å². The molecule has 0 saturated carbocycles. The van der Waals surface area contributed by atoms with Crippen LogP contribution < -0.4 is 10.6 Å². The zero-order valence-electron chi connectivity index (χ0n) is 22.7. The van der Waals surface area contributed by atoms with Crippen molar-refractivity contribution in [3.05, 3.63) is 0 Å². The highest BCUT2D eigenvalue weighted by atomic mass is 16.5. The molecule has 36 heavy (non-hydrogen) atoms. The molecule has 0 aliphatic carbocycles. The summed E-state index contributed by atoms with van der Waals surface area (Å²) in [6.45, 7) is 5.71. The molecular formula is C26H48BN3O6. The predicted molar refractivity (Wildman–Crippen MR) is 142 cm³/mol. The Labute approximate surface area is 217 Å². The second kappa shape index (κ2) is 18.3. The first-order valence-corrected chi connectivity index (χ1v) is 13.8. The number of aliphatic hydroxyl groups excluding tert-OH is 1.